The van der Waals surface area contributed by atoms with Gasteiger partial charge in [0.2, 0.25) is 6.79 Å². The maximum absolute atomic E-state index is 6.21. The molecule has 0 aliphatic carbocycles. The minimum atomic E-state index is 0.243. The van der Waals surface area contributed by atoms with Gasteiger partial charge in [-0.3, -0.25) is 4.40 Å². The minimum Gasteiger partial charge on any atom is -0.493 e. The first-order chi connectivity index (χ1) is 10.3. The molecule has 6 heteroatoms. The average molecular weight is 283 g/mol. The second kappa shape index (κ2) is 4.31. The van der Waals surface area contributed by atoms with Crippen molar-refractivity contribution in [1.82, 2.24) is 9.38 Å². The van der Waals surface area contributed by atoms with Gasteiger partial charge < -0.3 is 19.9 Å². The molecule has 3 aromatic rings. The lowest BCUT2D eigenvalue weighted by Gasteiger charge is -2.02. The molecule has 0 spiro atoms. The summed E-state index contributed by atoms with van der Waals surface area (Å²) in [7, 11) is 1.61. The molecular weight excluding hydrogens is 270 g/mol. The van der Waals surface area contributed by atoms with Crippen molar-refractivity contribution in [2.75, 3.05) is 19.6 Å². The van der Waals surface area contributed by atoms with Crippen LogP contribution >= 0.6 is 0 Å². The molecule has 2 aromatic heterocycles. The molecule has 0 fully saturated rings. The Hall–Kier alpha value is -2.89. The maximum Gasteiger partial charge on any atom is 0.231 e. The van der Waals surface area contributed by atoms with Gasteiger partial charge in [0.15, 0.2) is 22.9 Å². The van der Waals surface area contributed by atoms with Crippen LogP contribution in [0.4, 0.5) is 5.82 Å². The summed E-state index contributed by atoms with van der Waals surface area (Å²) in [5.74, 6) is 2.67. The van der Waals surface area contributed by atoms with Gasteiger partial charge in [-0.2, -0.15) is 0 Å². The van der Waals surface area contributed by atoms with E-state index < -0.39 is 0 Å². The van der Waals surface area contributed by atoms with E-state index >= 15 is 0 Å². The summed E-state index contributed by atoms with van der Waals surface area (Å²) in [5, 5.41) is 0. The van der Waals surface area contributed by atoms with E-state index in [4.69, 9.17) is 19.9 Å². The molecule has 0 atom stereocenters. The second-order valence-corrected chi connectivity index (χ2v) is 4.68. The van der Waals surface area contributed by atoms with Gasteiger partial charge >= 0.3 is 0 Å². The van der Waals surface area contributed by atoms with Crippen LogP contribution in [0.2, 0.25) is 0 Å². The highest BCUT2D eigenvalue weighted by Crippen LogP contribution is 2.38. The largest absolute Gasteiger partial charge is 0.493 e. The lowest BCUT2D eigenvalue weighted by Crippen LogP contribution is -1.95. The zero-order chi connectivity index (χ0) is 14.4. The number of pyridine rings is 1. The predicted octanol–water partition coefficient (Wildman–Crippen LogP) is 2.32. The number of hydrogen-bond acceptors (Lipinski definition) is 5. The molecule has 0 radical (unpaired) electrons. The molecular formula is C15H13N3O3. The maximum atomic E-state index is 6.21. The topological polar surface area (TPSA) is 71.0 Å². The van der Waals surface area contributed by atoms with Crippen LogP contribution in [-0.4, -0.2) is 23.3 Å². The van der Waals surface area contributed by atoms with Crippen LogP contribution in [-0.2, 0) is 0 Å². The van der Waals surface area contributed by atoms with E-state index in [1.165, 1.54) is 0 Å². The third-order valence-corrected chi connectivity index (χ3v) is 3.52. The molecule has 0 saturated carbocycles. The second-order valence-electron chi connectivity index (χ2n) is 4.68. The van der Waals surface area contributed by atoms with Crippen molar-refractivity contribution in [1.29, 1.82) is 0 Å². The van der Waals surface area contributed by atoms with Gasteiger partial charge in [0.25, 0.3) is 0 Å². The van der Waals surface area contributed by atoms with Crippen molar-refractivity contribution < 1.29 is 14.2 Å². The Morgan fingerprint density at radius 1 is 1.24 bits per heavy atom. The van der Waals surface area contributed by atoms with Crippen LogP contribution in [0.15, 0.2) is 36.5 Å². The highest BCUT2D eigenvalue weighted by Gasteiger charge is 2.18. The first-order valence-electron chi connectivity index (χ1n) is 6.48. The number of nitrogens with zero attached hydrogens (tertiary/aromatic N) is 2. The van der Waals surface area contributed by atoms with Crippen LogP contribution in [0.1, 0.15) is 0 Å². The van der Waals surface area contributed by atoms with E-state index in [0.29, 0.717) is 28.7 Å². The normalized spacial score (nSPS) is 12.8. The van der Waals surface area contributed by atoms with Crippen molar-refractivity contribution in [2.45, 2.75) is 0 Å². The zero-order valence-electron chi connectivity index (χ0n) is 11.4. The summed E-state index contributed by atoms with van der Waals surface area (Å²) in [6.07, 6.45) is 1.86. The Labute approximate surface area is 120 Å². The first kappa shape index (κ1) is 11.9. The molecule has 0 unspecified atom stereocenters. The number of ether oxygens (including phenoxy) is 3. The lowest BCUT2D eigenvalue weighted by molar-refractivity contribution is 0.174. The Bertz CT molecular complexity index is 842. The summed E-state index contributed by atoms with van der Waals surface area (Å²) in [5.41, 5.74) is 8.47. The molecule has 0 bridgehead atoms. The van der Waals surface area contributed by atoms with Crippen LogP contribution in [0.5, 0.6) is 17.2 Å². The number of imidazole rings is 1. The van der Waals surface area contributed by atoms with Gasteiger partial charge in [-0.05, 0) is 30.3 Å². The number of anilines is 1. The molecule has 1 aliphatic heterocycles. The predicted molar refractivity (Wildman–Crippen MR) is 77.7 cm³/mol. The van der Waals surface area contributed by atoms with Gasteiger partial charge in [0.1, 0.15) is 11.5 Å². The quantitative estimate of drug-likeness (QED) is 0.781. The van der Waals surface area contributed by atoms with Crippen molar-refractivity contribution in [2.24, 2.45) is 0 Å². The molecule has 106 valence electrons. The summed E-state index contributed by atoms with van der Waals surface area (Å²) >= 11 is 0. The smallest absolute Gasteiger partial charge is 0.231 e. The SMILES string of the molecule is COc1cccn2c(N)c(-c3ccc4c(c3)OCO4)nc12. The van der Waals surface area contributed by atoms with E-state index in [1.54, 1.807) is 11.5 Å². The highest BCUT2D eigenvalue weighted by molar-refractivity contribution is 5.78. The van der Waals surface area contributed by atoms with E-state index in [1.807, 2.05) is 36.5 Å². The van der Waals surface area contributed by atoms with E-state index in [-0.39, 0.29) is 6.79 Å². The Morgan fingerprint density at radius 2 is 2.10 bits per heavy atom. The molecule has 1 aromatic carbocycles. The zero-order valence-corrected chi connectivity index (χ0v) is 11.4. The standard InChI is InChI=1S/C15H13N3O3/c1-19-11-3-2-6-18-14(16)13(17-15(11)18)9-4-5-10-12(7-9)21-8-20-10/h2-7H,8,16H2,1H3. The molecule has 2 N–H and O–H groups in total. The minimum absolute atomic E-state index is 0.243. The van der Waals surface area contributed by atoms with Gasteiger partial charge in [-0.15, -0.1) is 0 Å². The molecule has 0 amide bonds. The van der Waals surface area contributed by atoms with Crippen LogP contribution in [0, 0.1) is 0 Å². The molecule has 21 heavy (non-hydrogen) atoms. The lowest BCUT2D eigenvalue weighted by atomic mass is 10.1. The molecule has 1 aliphatic rings. The number of methoxy groups -OCH3 is 1. The van der Waals surface area contributed by atoms with E-state index in [0.717, 1.165) is 11.3 Å². The van der Waals surface area contributed by atoms with Gasteiger partial charge in [0.05, 0.1) is 7.11 Å². The van der Waals surface area contributed by atoms with Gasteiger partial charge in [0, 0.05) is 11.8 Å². The third kappa shape index (κ3) is 1.69. The monoisotopic (exact) mass is 283 g/mol. The summed E-state index contributed by atoms with van der Waals surface area (Å²) in [6.45, 7) is 0.243. The van der Waals surface area contributed by atoms with Gasteiger partial charge in [-0.1, -0.05) is 0 Å². The summed E-state index contributed by atoms with van der Waals surface area (Å²) in [4.78, 5) is 4.60. The molecule has 3 heterocycles. The Balaban J connectivity index is 1.92. The summed E-state index contributed by atoms with van der Waals surface area (Å²) in [6, 6.07) is 9.38. The first-order valence-corrected chi connectivity index (χ1v) is 6.48. The number of nitrogen functional groups attached to an aromatic ring is 1. The van der Waals surface area contributed by atoms with Crippen LogP contribution < -0.4 is 19.9 Å². The van der Waals surface area contributed by atoms with E-state index in [2.05, 4.69) is 4.98 Å². The fraction of sp³-hybridized carbons (Fsp3) is 0.133. The summed E-state index contributed by atoms with van der Waals surface area (Å²) < 4.78 is 17.8. The van der Waals surface area contributed by atoms with E-state index in [9.17, 15) is 0 Å². The Kier molecular flexibility index (Phi) is 2.44. The van der Waals surface area contributed by atoms with Crippen LogP contribution in [0.25, 0.3) is 16.9 Å². The number of aromatic nitrogens is 2. The fourth-order valence-electron chi connectivity index (χ4n) is 2.48. The van der Waals surface area contributed by atoms with Gasteiger partial charge in [-0.25, -0.2) is 4.98 Å². The van der Waals surface area contributed by atoms with Crippen molar-refractivity contribution in [3.63, 3.8) is 0 Å². The fourth-order valence-corrected chi connectivity index (χ4v) is 2.48. The average Bonchev–Trinajstić information content (AvgIpc) is 3.11. The number of fused-ring (bicyclic) bond motifs is 2. The molecule has 4 rings (SSSR count). The van der Waals surface area contributed by atoms with Crippen LogP contribution in [0.3, 0.4) is 0 Å². The molecule has 6 nitrogen and oxygen atoms in total. The van der Waals surface area contributed by atoms with Crippen molar-refractivity contribution in [3.05, 3.63) is 36.5 Å². The van der Waals surface area contributed by atoms with Crippen molar-refractivity contribution in [3.8, 4) is 28.5 Å². The highest BCUT2D eigenvalue weighted by atomic mass is 16.7. The number of rotatable bonds is 2. The number of nitrogens with two attached hydrogens (primary N) is 1. The number of hydrogen-bond donors (Lipinski definition) is 1. The third-order valence-electron chi connectivity index (χ3n) is 3.52. The molecule has 0 saturated heterocycles. The van der Waals surface area contributed by atoms with Crippen molar-refractivity contribution >= 4 is 11.5 Å². The number of benzene rings is 1. The Morgan fingerprint density at radius 3 is 2.95 bits per heavy atom.